The van der Waals surface area contributed by atoms with Crippen molar-refractivity contribution in [3.63, 3.8) is 0 Å². The molecule has 1 aromatic carbocycles. The third kappa shape index (κ3) is 2.82. The highest BCUT2D eigenvalue weighted by Gasteiger charge is 2.31. The molecule has 1 unspecified atom stereocenters. The van der Waals surface area contributed by atoms with Crippen molar-refractivity contribution in [3.8, 4) is 0 Å². The van der Waals surface area contributed by atoms with E-state index in [1.807, 2.05) is 32.9 Å². The second kappa shape index (κ2) is 5.43. The van der Waals surface area contributed by atoms with Crippen molar-refractivity contribution in [2.24, 2.45) is 5.84 Å². The largest absolute Gasteiger partial charge is 0.374 e. The molecule has 1 rings (SSSR count). The van der Waals surface area contributed by atoms with E-state index < -0.39 is 0 Å². The number of aryl methyl sites for hydroxylation is 1. The zero-order chi connectivity index (χ0) is 12.2. The van der Waals surface area contributed by atoms with Gasteiger partial charge in [0.2, 0.25) is 0 Å². The standard InChI is InChI=1S/C13H22N2O/c1-5-16-13(3,4)12(15-14)11-9-7-6-8-10(11)2/h6-9,12,15H,5,14H2,1-4H3. The van der Waals surface area contributed by atoms with Crippen LogP contribution in [0.1, 0.15) is 37.9 Å². The molecule has 0 spiro atoms. The molecule has 1 aromatic rings. The number of hydrazine groups is 1. The monoisotopic (exact) mass is 222 g/mol. The van der Waals surface area contributed by atoms with Gasteiger partial charge in [-0.3, -0.25) is 11.3 Å². The van der Waals surface area contributed by atoms with E-state index in [4.69, 9.17) is 10.6 Å². The van der Waals surface area contributed by atoms with Crippen LogP contribution >= 0.6 is 0 Å². The van der Waals surface area contributed by atoms with Crippen LogP contribution < -0.4 is 11.3 Å². The SMILES string of the molecule is CCOC(C)(C)C(NN)c1ccccc1C. The molecule has 3 heteroatoms. The van der Waals surface area contributed by atoms with Crippen LogP contribution in [0.5, 0.6) is 0 Å². The van der Waals surface area contributed by atoms with Crippen LogP contribution in [-0.4, -0.2) is 12.2 Å². The van der Waals surface area contributed by atoms with E-state index in [1.165, 1.54) is 11.1 Å². The zero-order valence-electron chi connectivity index (χ0n) is 10.6. The van der Waals surface area contributed by atoms with Gasteiger partial charge < -0.3 is 4.74 Å². The fraction of sp³-hybridized carbons (Fsp3) is 0.538. The molecule has 16 heavy (non-hydrogen) atoms. The molecule has 0 amide bonds. The molecule has 90 valence electrons. The fourth-order valence-corrected chi connectivity index (χ4v) is 2.03. The lowest BCUT2D eigenvalue weighted by molar-refractivity contribution is -0.0394. The van der Waals surface area contributed by atoms with Gasteiger partial charge in [0.1, 0.15) is 0 Å². The minimum Gasteiger partial charge on any atom is -0.374 e. The van der Waals surface area contributed by atoms with Gasteiger partial charge in [-0.25, -0.2) is 0 Å². The van der Waals surface area contributed by atoms with Crippen molar-refractivity contribution in [1.29, 1.82) is 0 Å². The van der Waals surface area contributed by atoms with E-state index in [0.717, 1.165) is 0 Å². The highest BCUT2D eigenvalue weighted by Crippen LogP contribution is 2.29. The van der Waals surface area contributed by atoms with Crippen molar-refractivity contribution < 1.29 is 4.74 Å². The number of hydrogen-bond donors (Lipinski definition) is 2. The zero-order valence-corrected chi connectivity index (χ0v) is 10.6. The second-order valence-corrected chi connectivity index (χ2v) is 4.49. The minimum atomic E-state index is -0.324. The molecule has 0 aliphatic heterocycles. The summed E-state index contributed by atoms with van der Waals surface area (Å²) in [6.45, 7) is 8.85. The maximum atomic E-state index is 5.75. The molecule has 0 saturated heterocycles. The van der Waals surface area contributed by atoms with Gasteiger partial charge in [-0.1, -0.05) is 24.3 Å². The molecule has 0 radical (unpaired) electrons. The molecule has 3 nitrogen and oxygen atoms in total. The van der Waals surface area contributed by atoms with Crippen molar-refractivity contribution >= 4 is 0 Å². The van der Waals surface area contributed by atoms with Crippen molar-refractivity contribution in [2.75, 3.05) is 6.61 Å². The molecule has 0 saturated carbocycles. The highest BCUT2D eigenvalue weighted by atomic mass is 16.5. The fourth-order valence-electron chi connectivity index (χ4n) is 2.03. The van der Waals surface area contributed by atoms with Gasteiger partial charge in [0.25, 0.3) is 0 Å². The highest BCUT2D eigenvalue weighted by molar-refractivity contribution is 5.30. The van der Waals surface area contributed by atoms with Crippen LogP contribution in [0, 0.1) is 6.92 Å². The topological polar surface area (TPSA) is 47.3 Å². The Kier molecular flexibility index (Phi) is 4.47. The Morgan fingerprint density at radius 2 is 2.00 bits per heavy atom. The lowest BCUT2D eigenvalue weighted by Crippen LogP contribution is -2.44. The number of nitrogens with two attached hydrogens (primary N) is 1. The summed E-state index contributed by atoms with van der Waals surface area (Å²) in [7, 11) is 0. The molecule has 0 fully saturated rings. The van der Waals surface area contributed by atoms with Crippen LogP contribution in [0.25, 0.3) is 0 Å². The van der Waals surface area contributed by atoms with E-state index in [9.17, 15) is 0 Å². The van der Waals surface area contributed by atoms with Crippen LogP contribution in [0.2, 0.25) is 0 Å². The number of rotatable bonds is 5. The first-order valence-corrected chi connectivity index (χ1v) is 5.68. The average Bonchev–Trinajstić information content (AvgIpc) is 2.21. The Morgan fingerprint density at radius 1 is 1.38 bits per heavy atom. The van der Waals surface area contributed by atoms with Gasteiger partial charge in [0.05, 0.1) is 11.6 Å². The van der Waals surface area contributed by atoms with Gasteiger partial charge in [0, 0.05) is 6.61 Å². The summed E-state index contributed by atoms with van der Waals surface area (Å²) < 4.78 is 5.75. The first-order valence-electron chi connectivity index (χ1n) is 5.68. The van der Waals surface area contributed by atoms with E-state index in [2.05, 4.69) is 24.5 Å². The van der Waals surface area contributed by atoms with Crippen molar-refractivity contribution in [1.82, 2.24) is 5.43 Å². The van der Waals surface area contributed by atoms with Crippen molar-refractivity contribution in [3.05, 3.63) is 35.4 Å². The Labute approximate surface area is 98.0 Å². The third-order valence-corrected chi connectivity index (χ3v) is 2.88. The van der Waals surface area contributed by atoms with Gasteiger partial charge in [0.15, 0.2) is 0 Å². The lowest BCUT2D eigenvalue weighted by Gasteiger charge is -2.34. The molecular formula is C13H22N2O. The van der Waals surface area contributed by atoms with E-state index >= 15 is 0 Å². The lowest BCUT2D eigenvalue weighted by atomic mass is 9.89. The second-order valence-electron chi connectivity index (χ2n) is 4.49. The summed E-state index contributed by atoms with van der Waals surface area (Å²) in [5.74, 6) is 5.66. The van der Waals surface area contributed by atoms with Crippen LogP contribution in [-0.2, 0) is 4.74 Å². The summed E-state index contributed by atoms with van der Waals surface area (Å²) in [6.07, 6.45) is 0. The van der Waals surface area contributed by atoms with Crippen molar-refractivity contribution in [2.45, 2.75) is 39.3 Å². The number of benzene rings is 1. The summed E-state index contributed by atoms with van der Waals surface area (Å²) in [4.78, 5) is 0. The van der Waals surface area contributed by atoms with Gasteiger partial charge in [-0.05, 0) is 38.8 Å². The smallest absolute Gasteiger partial charge is 0.0833 e. The molecule has 0 heterocycles. The maximum absolute atomic E-state index is 5.75. The molecule has 0 aliphatic carbocycles. The first-order chi connectivity index (χ1) is 7.53. The van der Waals surface area contributed by atoms with Crippen LogP contribution in [0.15, 0.2) is 24.3 Å². The van der Waals surface area contributed by atoms with E-state index in [0.29, 0.717) is 6.61 Å². The normalized spacial score (nSPS) is 13.8. The summed E-state index contributed by atoms with van der Waals surface area (Å²) in [5.41, 5.74) is 4.94. The summed E-state index contributed by atoms with van der Waals surface area (Å²) in [5, 5.41) is 0. The molecular weight excluding hydrogens is 200 g/mol. The number of nitrogens with one attached hydrogen (secondary N) is 1. The van der Waals surface area contributed by atoms with Crippen LogP contribution in [0.4, 0.5) is 0 Å². The van der Waals surface area contributed by atoms with Crippen LogP contribution in [0.3, 0.4) is 0 Å². The summed E-state index contributed by atoms with van der Waals surface area (Å²) in [6, 6.07) is 8.21. The maximum Gasteiger partial charge on any atom is 0.0833 e. The quantitative estimate of drug-likeness (QED) is 0.593. The van der Waals surface area contributed by atoms with Gasteiger partial charge in [-0.15, -0.1) is 0 Å². The Balaban J connectivity index is 3.03. The third-order valence-electron chi connectivity index (χ3n) is 2.88. The predicted octanol–water partition coefficient (Wildman–Crippen LogP) is 2.31. The van der Waals surface area contributed by atoms with E-state index in [-0.39, 0.29) is 11.6 Å². The molecule has 0 aromatic heterocycles. The Morgan fingerprint density at radius 3 is 2.50 bits per heavy atom. The number of ether oxygens (including phenoxy) is 1. The summed E-state index contributed by atoms with van der Waals surface area (Å²) >= 11 is 0. The molecule has 1 atom stereocenters. The Bertz CT molecular complexity index is 336. The van der Waals surface area contributed by atoms with E-state index in [1.54, 1.807) is 0 Å². The first kappa shape index (κ1) is 13.2. The average molecular weight is 222 g/mol. The molecule has 3 N–H and O–H groups in total. The minimum absolute atomic E-state index is 0.00588. The Hall–Kier alpha value is -0.900. The molecule has 0 bridgehead atoms. The van der Waals surface area contributed by atoms with Gasteiger partial charge >= 0.3 is 0 Å². The number of hydrogen-bond acceptors (Lipinski definition) is 3. The predicted molar refractivity (Wildman–Crippen MR) is 66.9 cm³/mol. The molecule has 0 aliphatic rings. The van der Waals surface area contributed by atoms with Gasteiger partial charge in [-0.2, -0.15) is 0 Å².